The number of aliphatic imine (C=N–C) groups is 1. The largest absolute Gasteiger partial charge is 0.497 e. The van der Waals surface area contributed by atoms with Crippen LogP contribution in [0.1, 0.15) is 18.6 Å². The second kappa shape index (κ2) is 12.4. The van der Waals surface area contributed by atoms with Crippen LogP contribution in [0.25, 0.3) is 0 Å². The molecule has 7 nitrogen and oxygen atoms in total. The molecular formula is C19H29IN4O3. The van der Waals surface area contributed by atoms with Gasteiger partial charge >= 0.3 is 0 Å². The fourth-order valence-corrected chi connectivity index (χ4v) is 2.47. The maximum absolute atomic E-state index is 10.5. The van der Waals surface area contributed by atoms with Gasteiger partial charge < -0.3 is 29.8 Å². The fourth-order valence-electron chi connectivity index (χ4n) is 2.47. The summed E-state index contributed by atoms with van der Waals surface area (Å²) in [6.07, 6.45) is 3.29. The summed E-state index contributed by atoms with van der Waals surface area (Å²) in [5.74, 6) is 1.95. The molecule has 150 valence electrons. The van der Waals surface area contributed by atoms with Gasteiger partial charge in [0.25, 0.3) is 0 Å². The Morgan fingerprint density at radius 2 is 1.74 bits per heavy atom. The number of rotatable bonds is 9. The molecule has 1 aromatic heterocycles. The Kier molecular flexibility index (Phi) is 10.6. The van der Waals surface area contributed by atoms with E-state index < -0.39 is 6.10 Å². The van der Waals surface area contributed by atoms with Gasteiger partial charge in [-0.1, -0.05) is 0 Å². The summed E-state index contributed by atoms with van der Waals surface area (Å²) in [5, 5.41) is 16.9. The number of halogens is 1. The van der Waals surface area contributed by atoms with Gasteiger partial charge in [-0.3, -0.25) is 4.99 Å². The number of nitrogens with zero attached hydrogens (tertiary/aromatic N) is 2. The maximum atomic E-state index is 10.5. The zero-order valence-electron chi connectivity index (χ0n) is 16.0. The van der Waals surface area contributed by atoms with Crippen LogP contribution in [-0.2, 0) is 6.54 Å². The van der Waals surface area contributed by atoms with Gasteiger partial charge in [-0.15, -0.1) is 24.0 Å². The lowest BCUT2D eigenvalue weighted by atomic mass is 10.1. The molecule has 8 heteroatoms. The normalized spacial score (nSPS) is 12.1. The Labute approximate surface area is 177 Å². The number of aromatic nitrogens is 1. The zero-order chi connectivity index (χ0) is 18.8. The van der Waals surface area contributed by atoms with E-state index in [1.807, 2.05) is 31.5 Å². The molecule has 0 bridgehead atoms. The van der Waals surface area contributed by atoms with Crippen LogP contribution in [0.4, 0.5) is 0 Å². The molecule has 0 fully saturated rings. The minimum Gasteiger partial charge on any atom is -0.497 e. The van der Waals surface area contributed by atoms with Crippen molar-refractivity contribution in [3.05, 3.63) is 48.3 Å². The van der Waals surface area contributed by atoms with Crippen molar-refractivity contribution in [1.29, 1.82) is 0 Å². The number of guanidine groups is 1. The number of methoxy groups -OCH3 is 2. The Bertz CT molecular complexity index is 670. The molecule has 0 radical (unpaired) electrons. The zero-order valence-corrected chi connectivity index (χ0v) is 18.3. The predicted molar refractivity (Wildman–Crippen MR) is 118 cm³/mol. The lowest BCUT2D eigenvalue weighted by Crippen LogP contribution is -2.39. The van der Waals surface area contributed by atoms with Crippen LogP contribution in [0.3, 0.4) is 0 Å². The molecule has 2 rings (SSSR count). The first-order chi connectivity index (χ1) is 12.7. The van der Waals surface area contributed by atoms with Crippen molar-refractivity contribution in [2.75, 3.05) is 33.9 Å². The van der Waals surface area contributed by atoms with Crippen molar-refractivity contribution in [1.82, 2.24) is 15.2 Å². The number of aliphatic hydroxyl groups is 1. The van der Waals surface area contributed by atoms with Gasteiger partial charge in [0.1, 0.15) is 11.5 Å². The summed E-state index contributed by atoms with van der Waals surface area (Å²) < 4.78 is 12.6. The molecule has 1 aromatic carbocycles. The number of ether oxygens (including phenoxy) is 2. The Balaban J connectivity index is 0.00000364. The first-order valence-electron chi connectivity index (χ1n) is 8.70. The van der Waals surface area contributed by atoms with E-state index >= 15 is 0 Å². The van der Waals surface area contributed by atoms with Crippen LogP contribution in [-0.4, -0.2) is 49.5 Å². The van der Waals surface area contributed by atoms with Crippen molar-refractivity contribution >= 4 is 29.9 Å². The summed E-state index contributed by atoms with van der Waals surface area (Å²) in [5.41, 5.74) is 0.702. The Morgan fingerprint density at radius 3 is 2.30 bits per heavy atom. The van der Waals surface area contributed by atoms with Crippen LogP contribution < -0.4 is 20.1 Å². The van der Waals surface area contributed by atoms with Crippen molar-refractivity contribution in [2.45, 2.75) is 19.6 Å². The molecule has 0 aliphatic carbocycles. The average Bonchev–Trinajstić information content (AvgIpc) is 3.18. The van der Waals surface area contributed by atoms with Gasteiger partial charge in [0.05, 0.1) is 26.9 Å². The predicted octanol–water partition coefficient (Wildman–Crippen LogP) is 2.41. The number of hydrogen-bond donors (Lipinski definition) is 3. The summed E-state index contributed by atoms with van der Waals surface area (Å²) in [6, 6.07) is 9.34. The third-order valence-corrected chi connectivity index (χ3v) is 3.85. The number of nitrogens with one attached hydrogen (secondary N) is 2. The van der Waals surface area contributed by atoms with E-state index in [-0.39, 0.29) is 30.5 Å². The molecular weight excluding hydrogens is 459 g/mol. The number of benzene rings is 1. The summed E-state index contributed by atoms with van der Waals surface area (Å²) in [6.45, 7) is 4.57. The van der Waals surface area contributed by atoms with E-state index in [2.05, 4.69) is 20.2 Å². The molecule has 1 atom stereocenters. The van der Waals surface area contributed by atoms with E-state index in [0.717, 1.165) is 19.6 Å². The third kappa shape index (κ3) is 7.67. The van der Waals surface area contributed by atoms with Crippen molar-refractivity contribution in [2.24, 2.45) is 4.99 Å². The van der Waals surface area contributed by atoms with Gasteiger partial charge in [-0.25, -0.2) is 0 Å². The third-order valence-electron chi connectivity index (χ3n) is 3.85. The van der Waals surface area contributed by atoms with Gasteiger partial charge in [0.2, 0.25) is 0 Å². The van der Waals surface area contributed by atoms with Crippen LogP contribution >= 0.6 is 24.0 Å². The monoisotopic (exact) mass is 488 g/mol. The van der Waals surface area contributed by atoms with E-state index in [4.69, 9.17) is 9.47 Å². The molecule has 27 heavy (non-hydrogen) atoms. The molecule has 0 aliphatic rings. The molecule has 0 amide bonds. The minimum absolute atomic E-state index is 0. The standard InChI is InChI=1S/C19H28N4O3.HI/c1-4-20-19(21-7-10-23-8-5-6-9-23)22-14-18(24)15-11-16(25-2)13-17(12-15)26-3;/h5-6,8-9,11-13,18,24H,4,7,10,14H2,1-3H3,(H2,20,21,22);1H. The molecule has 1 heterocycles. The molecule has 0 saturated carbocycles. The number of hydrogen-bond acceptors (Lipinski definition) is 4. The second-order valence-electron chi connectivity index (χ2n) is 5.73. The SMILES string of the molecule is CCNC(=NCC(O)c1cc(OC)cc(OC)c1)NCCn1cccc1.I. The molecule has 0 spiro atoms. The fraction of sp³-hybridized carbons (Fsp3) is 0.421. The van der Waals surface area contributed by atoms with Gasteiger partial charge in [0.15, 0.2) is 5.96 Å². The van der Waals surface area contributed by atoms with E-state index in [1.165, 1.54) is 0 Å². The van der Waals surface area contributed by atoms with Crippen LogP contribution in [0.15, 0.2) is 47.7 Å². The molecule has 3 N–H and O–H groups in total. The summed E-state index contributed by atoms with van der Waals surface area (Å²) in [4.78, 5) is 4.47. The van der Waals surface area contributed by atoms with Crippen LogP contribution in [0.2, 0.25) is 0 Å². The minimum atomic E-state index is -0.751. The van der Waals surface area contributed by atoms with Gasteiger partial charge in [-0.2, -0.15) is 0 Å². The first-order valence-corrected chi connectivity index (χ1v) is 8.70. The summed E-state index contributed by atoms with van der Waals surface area (Å²) in [7, 11) is 3.17. The maximum Gasteiger partial charge on any atom is 0.191 e. The lowest BCUT2D eigenvalue weighted by molar-refractivity contribution is 0.186. The van der Waals surface area contributed by atoms with Crippen LogP contribution in [0, 0.1) is 0 Å². The second-order valence-corrected chi connectivity index (χ2v) is 5.73. The lowest BCUT2D eigenvalue weighted by Gasteiger charge is -2.15. The quantitative estimate of drug-likeness (QED) is 0.287. The highest BCUT2D eigenvalue weighted by atomic mass is 127. The van der Waals surface area contributed by atoms with Gasteiger partial charge in [0, 0.05) is 38.1 Å². The number of aliphatic hydroxyl groups excluding tert-OH is 1. The first kappa shape index (κ1) is 23.1. The van der Waals surface area contributed by atoms with E-state index in [1.54, 1.807) is 32.4 Å². The average molecular weight is 488 g/mol. The molecule has 2 aromatic rings. The molecule has 1 unspecified atom stereocenters. The van der Waals surface area contributed by atoms with E-state index in [9.17, 15) is 5.11 Å². The highest BCUT2D eigenvalue weighted by Crippen LogP contribution is 2.26. The highest BCUT2D eigenvalue weighted by molar-refractivity contribution is 14.0. The Hall–Kier alpha value is -1.94. The van der Waals surface area contributed by atoms with Crippen molar-refractivity contribution in [3.8, 4) is 11.5 Å². The molecule has 0 saturated heterocycles. The summed E-state index contributed by atoms with van der Waals surface area (Å²) >= 11 is 0. The van der Waals surface area contributed by atoms with Gasteiger partial charge in [-0.05, 0) is 36.8 Å². The van der Waals surface area contributed by atoms with Crippen LogP contribution in [0.5, 0.6) is 11.5 Å². The van der Waals surface area contributed by atoms with E-state index in [0.29, 0.717) is 23.0 Å². The van der Waals surface area contributed by atoms with Crippen molar-refractivity contribution in [3.63, 3.8) is 0 Å². The van der Waals surface area contributed by atoms with Crippen molar-refractivity contribution < 1.29 is 14.6 Å². The highest BCUT2D eigenvalue weighted by Gasteiger charge is 2.11. The molecule has 0 aliphatic heterocycles. The topological polar surface area (TPSA) is 80.0 Å². The Morgan fingerprint density at radius 1 is 1.11 bits per heavy atom. The smallest absolute Gasteiger partial charge is 0.191 e.